The average Bonchev–Trinajstić information content (AvgIpc) is 2.56. The van der Waals surface area contributed by atoms with Crippen LogP contribution in [0.15, 0.2) is 48.5 Å². The number of fused-ring (bicyclic) bond motifs is 3. The first-order chi connectivity index (χ1) is 11.1. The van der Waals surface area contributed by atoms with Crippen LogP contribution in [0.4, 0.5) is 5.69 Å². The summed E-state index contributed by atoms with van der Waals surface area (Å²) in [7, 11) is 0. The van der Waals surface area contributed by atoms with E-state index in [9.17, 15) is 9.59 Å². The molecule has 0 spiro atoms. The van der Waals surface area contributed by atoms with Gasteiger partial charge in [-0.1, -0.05) is 29.8 Å². The summed E-state index contributed by atoms with van der Waals surface area (Å²) in [6.07, 6.45) is 0.334. The van der Waals surface area contributed by atoms with Gasteiger partial charge in [0.2, 0.25) is 0 Å². The van der Waals surface area contributed by atoms with E-state index in [1.165, 1.54) is 0 Å². The summed E-state index contributed by atoms with van der Waals surface area (Å²) in [5.74, 6) is -0.751. The van der Waals surface area contributed by atoms with Crippen LogP contribution >= 0.6 is 11.6 Å². The van der Waals surface area contributed by atoms with Crippen LogP contribution in [-0.2, 0) is 9.59 Å². The van der Waals surface area contributed by atoms with Gasteiger partial charge in [-0.2, -0.15) is 0 Å². The number of carbonyl (C=O) groups excluding carboxylic acids is 2. The maximum Gasteiger partial charge on any atom is 0.324 e. The lowest BCUT2D eigenvalue weighted by Gasteiger charge is -2.43. The van der Waals surface area contributed by atoms with Crippen molar-refractivity contribution in [3.8, 4) is 5.75 Å². The third kappa shape index (κ3) is 2.30. The van der Waals surface area contributed by atoms with Gasteiger partial charge in [-0.3, -0.25) is 9.59 Å². The zero-order valence-corrected chi connectivity index (χ0v) is 13.0. The SMILES string of the molecule is O=C1CCN(c2ccc(Cl)cc2)C2c3ccccc3OC(=O)C12. The molecule has 1 fully saturated rings. The summed E-state index contributed by atoms with van der Waals surface area (Å²) < 4.78 is 5.37. The van der Waals surface area contributed by atoms with Crippen molar-refractivity contribution in [3.05, 3.63) is 59.1 Å². The molecule has 0 saturated carbocycles. The van der Waals surface area contributed by atoms with Gasteiger partial charge in [-0.15, -0.1) is 0 Å². The van der Waals surface area contributed by atoms with Crippen molar-refractivity contribution in [3.63, 3.8) is 0 Å². The number of hydrogen-bond donors (Lipinski definition) is 0. The van der Waals surface area contributed by atoms with Crippen molar-refractivity contribution in [2.75, 3.05) is 11.4 Å². The van der Waals surface area contributed by atoms with E-state index in [-0.39, 0.29) is 11.8 Å². The maximum atomic E-state index is 12.3. The molecule has 0 aromatic heterocycles. The Morgan fingerprint density at radius 1 is 1.04 bits per heavy atom. The molecule has 0 amide bonds. The lowest BCUT2D eigenvalue weighted by Crippen LogP contribution is -2.50. The summed E-state index contributed by atoms with van der Waals surface area (Å²) >= 11 is 5.97. The van der Waals surface area contributed by atoms with E-state index < -0.39 is 11.9 Å². The molecule has 0 N–H and O–H groups in total. The van der Waals surface area contributed by atoms with Gasteiger partial charge in [0.1, 0.15) is 11.7 Å². The molecule has 2 aliphatic rings. The Kier molecular flexibility index (Phi) is 3.34. The number of nitrogens with zero attached hydrogens (tertiary/aromatic N) is 1. The monoisotopic (exact) mass is 327 g/mol. The molecule has 5 heteroatoms. The number of benzene rings is 2. The predicted octanol–water partition coefficient (Wildman–Crippen LogP) is 3.40. The number of ether oxygens (including phenoxy) is 1. The summed E-state index contributed by atoms with van der Waals surface area (Å²) in [4.78, 5) is 26.8. The average molecular weight is 328 g/mol. The molecule has 2 aliphatic heterocycles. The van der Waals surface area contributed by atoms with Crippen molar-refractivity contribution >= 4 is 29.0 Å². The molecule has 4 nitrogen and oxygen atoms in total. The van der Waals surface area contributed by atoms with Gasteiger partial charge in [0.05, 0.1) is 6.04 Å². The predicted molar refractivity (Wildman–Crippen MR) is 86.7 cm³/mol. The Morgan fingerprint density at radius 2 is 1.78 bits per heavy atom. The van der Waals surface area contributed by atoms with Gasteiger partial charge >= 0.3 is 5.97 Å². The fraction of sp³-hybridized carbons (Fsp3) is 0.222. The smallest absolute Gasteiger partial charge is 0.324 e. The van der Waals surface area contributed by atoms with E-state index in [0.29, 0.717) is 23.7 Å². The van der Waals surface area contributed by atoms with E-state index in [1.54, 1.807) is 6.07 Å². The largest absolute Gasteiger partial charge is 0.426 e. The van der Waals surface area contributed by atoms with Gasteiger partial charge in [0.25, 0.3) is 0 Å². The molecule has 4 rings (SSSR count). The third-order valence-corrected chi connectivity index (χ3v) is 4.71. The highest BCUT2D eigenvalue weighted by molar-refractivity contribution is 6.30. The van der Waals surface area contributed by atoms with Crippen molar-refractivity contribution in [2.24, 2.45) is 5.92 Å². The first kappa shape index (κ1) is 14.3. The lowest BCUT2D eigenvalue weighted by molar-refractivity contribution is -0.147. The third-order valence-electron chi connectivity index (χ3n) is 4.46. The summed E-state index contributed by atoms with van der Waals surface area (Å²) in [5.41, 5.74) is 1.82. The molecule has 116 valence electrons. The number of Topliss-reactive ketones (excluding diaryl/α,β-unsaturated/α-hetero) is 1. The number of piperidine rings is 1. The van der Waals surface area contributed by atoms with Crippen LogP contribution in [0.25, 0.3) is 0 Å². The van der Waals surface area contributed by atoms with Crippen molar-refractivity contribution in [1.29, 1.82) is 0 Å². The zero-order chi connectivity index (χ0) is 16.0. The molecule has 2 unspecified atom stereocenters. The second-order valence-corrected chi connectivity index (χ2v) is 6.20. The fourth-order valence-corrected chi connectivity index (χ4v) is 3.53. The molecule has 0 radical (unpaired) electrons. The maximum absolute atomic E-state index is 12.3. The molecular weight excluding hydrogens is 314 g/mol. The number of hydrogen-bond acceptors (Lipinski definition) is 4. The van der Waals surface area contributed by atoms with Crippen molar-refractivity contribution in [2.45, 2.75) is 12.5 Å². The molecule has 2 aromatic rings. The summed E-state index contributed by atoms with van der Waals surface area (Å²) in [6.45, 7) is 0.573. The minimum Gasteiger partial charge on any atom is -0.426 e. The topological polar surface area (TPSA) is 46.6 Å². The van der Waals surface area contributed by atoms with Gasteiger partial charge in [0.15, 0.2) is 5.78 Å². The van der Waals surface area contributed by atoms with Gasteiger partial charge < -0.3 is 9.64 Å². The standard InChI is InChI=1S/C18H14ClNO3/c19-11-5-7-12(8-6-11)20-10-9-14(21)16-17(20)13-3-1-2-4-15(13)23-18(16)22/h1-8,16-17H,9-10H2. The molecule has 2 heterocycles. The number of ketones is 1. The number of para-hydroxylation sites is 1. The molecule has 1 saturated heterocycles. The zero-order valence-electron chi connectivity index (χ0n) is 12.2. The van der Waals surface area contributed by atoms with Crippen LogP contribution in [0.5, 0.6) is 5.75 Å². The number of rotatable bonds is 1. The van der Waals surface area contributed by atoms with Crippen LogP contribution in [0.2, 0.25) is 5.02 Å². The number of anilines is 1. The second kappa shape index (κ2) is 5.39. The minimum atomic E-state index is -0.769. The van der Waals surface area contributed by atoms with Crippen molar-refractivity contribution < 1.29 is 14.3 Å². The Hall–Kier alpha value is -2.33. The summed E-state index contributed by atoms with van der Waals surface area (Å²) in [5, 5.41) is 0.654. The molecule has 2 aromatic carbocycles. The Balaban J connectivity index is 1.84. The fourth-order valence-electron chi connectivity index (χ4n) is 3.40. The van der Waals surface area contributed by atoms with E-state index in [4.69, 9.17) is 16.3 Å². The number of carbonyl (C=O) groups is 2. The Morgan fingerprint density at radius 3 is 2.57 bits per heavy atom. The van der Waals surface area contributed by atoms with Crippen LogP contribution in [0, 0.1) is 5.92 Å². The minimum absolute atomic E-state index is 0.0558. The van der Waals surface area contributed by atoms with Gasteiger partial charge in [-0.05, 0) is 30.3 Å². The highest BCUT2D eigenvalue weighted by Gasteiger charge is 2.47. The number of esters is 1. The van der Waals surface area contributed by atoms with Gasteiger partial charge in [0, 0.05) is 29.2 Å². The van der Waals surface area contributed by atoms with Crippen LogP contribution in [-0.4, -0.2) is 18.3 Å². The van der Waals surface area contributed by atoms with E-state index in [1.807, 2.05) is 42.5 Å². The van der Waals surface area contributed by atoms with E-state index in [2.05, 4.69) is 4.90 Å². The first-order valence-electron chi connectivity index (χ1n) is 7.51. The molecule has 2 atom stereocenters. The van der Waals surface area contributed by atoms with Crippen LogP contribution < -0.4 is 9.64 Å². The molecule has 0 bridgehead atoms. The van der Waals surface area contributed by atoms with Crippen LogP contribution in [0.3, 0.4) is 0 Å². The van der Waals surface area contributed by atoms with Crippen molar-refractivity contribution in [1.82, 2.24) is 0 Å². The van der Waals surface area contributed by atoms with E-state index >= 15 is 0 Å². The first-order valence-corrected chi connectivity index (χ1v) is 7.88. The normalized spacial score (nSPS) is 23.1. The number of halogens is 1. The van der Waals surface area contributed by atoms with Gasteiger partial charge in [-0.25, -0.2) is 0 Å². The Bertz CT molecular complexity index is 787. The van der Waals surface area contributed by atoms with Crippen LogP contribution in [0.1, 0.15) is 18.0 Å². The molecule has 23 heavy (non-hydrogen) atoms. The summed E-state index contributed by atoms with van der Waals surface area (Å²) in [6, 6.07) is 14.5. The lowest BCUT2D eigenvalue weighted by atomic mass is 9.81. The highest BCUT2D eigenvalue weighted by Crippen LogP contribution is 2.44. The molecular formula is C18H14ClNO3. The quantitative estimate of drug-likeness (QED) is 0.457. The highest BCUT2D eigenvalue weighted by atomic mass is 35.5. The molecule has 0 aliphatic carbocycles. The van der Waals surface area contributed by atoms with E-state index in [0.717, 1.165) is 11.3 Å². The second-order valence-electron chi connectivity index (χ2n) is 5.77. The Labute approximate surface area is 138 Å².